The van der Waals surface area contributed by atoms with Crippen LogP contribution in [0.1, 0.15) is 5.56 Å². The van der Waals surface area contributed by atoms with Crippen LogP contribution in [0.2, 0.25) is 0 Å². The molecule has 0 spiro atoms. The van der Waals surface area contributed by atoms with Crippen LogP contribution in [0.5, 0.6) is 0 Å². The number of anilines is 1. The molecule has 4 N–H and O–H groups in total. The van der Waals surface area contributed by atoms with Gasteiger partial charge in [-0.3, -0.25) is 0 Å². The van der Waals surface area contributed by atoms with E-state index in [-0.39, 0.29) is 0 Å². The van der Waals surface area contributed by atoms with Gasteiger partial charge in [0.2, 0.25) is 0 Å². The zero-order valence-corrected chi connectivity index (χ0v) is 8.73. The Hall–Kier alpha value is -1.17. The smallest absolute Gasteiger partial charge is 0.185 e. The van der Waals surface area contributed by atoms with Gasteiger partial charge in [0.25, 0.3) is 0 Å². The van der Waals surface area contributed by atoms with Crippen molar-refractivity contribution in [1.82, 2.24) is 5.43 Å². The molecule has 0 heterocycles. The number of para-hydroxylation sites is 1. The zero-order valence-electron chi connectivity index (χ0n) is 7.91. The Morgan fingerprint density at radius 1 is 1.50 bits per heavy atom. The van der Waals surface area contributed by atoms with Crippen LogP contribution in [0.15, 0.2) is 24.3 Å². The number of hydrogen-bond acceptors (Lipinski definition) is 3. The second-order valence-electron chi connectivity index (χ2n) is 2.69. The molecule has 0 aromatic heterocycles. The molecule has 4 nitrogen and oxygen atoms in total. The highest BCUT2D eigenvalue weighted by molar-refractivity contribution is 7.80. The molecular weight excluding hydrogens is 198 g/mol. The summed E-state index contributed by atoms with van der Waals surface area (Å²) in [6, 6.07) is 7.74. The first-order valence-corrected chi connectivity index (χ1v) is 4.53. The van der Waals surface area contributed by atoms with Crippen molar-refractivity contribution in [1.29, 1.82) is 0 Å². The molecule has 0 aliphatic carbocycles. The van der Waals surface area contributed by atoms with E-state index in [0.29, 0.717) is 11.7 Å². The first-order valence-electron chi connectivity index (χ1n) is 4.12. The van der Waals surface area contributed by atoms with Crippen LogP contribution >= 0.6 is 12.2 Å². The summed E-state index contributed by atoms with van der Waals surface area (Å²) in [5, 5.41) is 3.34. The third-order valence-corrected chi connectivity index (χ3v) is 1.92. The number of methoxy groups -OCH3 is 1. The lowest BCUT2D eigenvalue weighted by Gasteiger charge is -2.11. The second-order valence-corrected chi connectivity index (χ2v) is 3.10. The molecule has 0 saturated heterocycles. The predicted molar refractivity (Wildman–Crippen MR) is 60.7 cm³/mol. The Balaban J connectivity index is 2.78. The molecule has 76 valence electrons. The maximum absolute atomic E-state index is 5.16. The van der Waals surface area contributed by atoms with Gasteiger partial charge in [0, 0.05) is 18.4 Å². The van der Waals surface area contributed by atoms with E-state index in [9.17, 15) is 0 Å². The summed E-state index contributed by atoms with van der Waals surface area (Å²) in [4.78, 5) is 0. The van der Waals surface area contributed by atoms with E-state index in [0.717, 1.165) is 11.3 Å². The molecule has 14 heavy (non-hydrogen) atoms. The van der Waals surface area contributed by atoms with Gasteiger partial charge in [-0.15, -0.1) is 0 Å². The predicted octanol–water partition coefficient (Wildman–Crippen LogP) is 0.993. The third kappa shape index (κ3) is 2.95. The molecule has 5 heteroatoms. The highest BCUT2D eigenvalue weighted by Crippen LogP contribution is 2.15. The molecule has 0 bridgehead atoms. The molecule has 0 amide bonds. The second kappa shape index (κ2) is 5.54. The molecule has 1 aromatic carbocycles. The lowest BCUT2D eigenvalue weighted by Crippen LogP contribution is -2.34. The van der Waals surface area contributed by atoms with Crippen LogP contribution in [-0.4, -0.2) is 12.2 Å². The maximum Gasteiger partial charge on any atom is 0.185 e. The van der Waals surface area contributed by atoms with Gasteiger partial charge < -0.3 is 15.5 Å². The molecular formula is C9H13N3OS. The lowest BCUT2D eigenvalue weighted by atomic mass is 10.2. The average molecular weight is 211 g/mol. The number of rotatable bonds is 3. The SMILES string of the molecule is COCc1ccccc1NC(=S)NN. The number of nitrogens with one attached hydrogen (secondary N) is 2. The minimum absolute atomic E-state index is 0.383. The van der Waals surface area contributed by atoms with Crippen LogP contribution in [0.3, 0.4) is 0 Å². The number of hydrazine groups is 1. The first kappa shape index (κ1) is 10.9. The minimum atomic E-state index is 0.383. The van der Waals surface area contributed by atoms with Crippen LogP contribution in [0.4, 0.5) is 5.69 Å². The fourth-order valence-electron chi connectivity index (χ4n) is 1.08. The van der Waals surface area contributed by atoms with Crippen LogP contribution in [0, 0.1) is 0 Å². The Kier molecular flexibility index (Phi) is 4.31. The number of thiocarbonyl (C=S) groups is 1. The summed E-state index contributed by atoms with van der Waals surface area (Å²) < 4.78 is 5.05. The summed E-state index contributed by atoms with van der Waals surface area (Å²) in [5.74, 6) is 5.16. The topological polar surface area (TPSA) is 59.3 Å². The highest BCUT2D eigenvalue weighted by atomic mass is 32.1. The fraction of sp³-hybridized carbons (Fsp3) is 0.222. The molecule has 0 saturated carbocycles. The van der Waals surface area contributed by atoms with Crippen LogP contribution in [0.25, 0.3) is 0 Å². The van der Waals surface area contributed by atoms with Gasteiger partial charge in [-0.05, 0) is 18.3 Å². The standard InChI is InChI=1S/C9H13N3OS/c1-13-6-7-4-2-3-5-8(7)11-9(14)12-10/h2-5H,6,10H2,1H3,(H2,11,12,14). The van der Waals surface area contributed by atoms with Gasteiger partial charge in [-0.25, -0.2) is 5.84 Å². The van der Waals surface area contributed by atoms with E-state index in [1.807, 2.05) is 24.3 Å². The zero-order chi connectivity index (χ0) is 10.4. The van der Waals surface area contributed by atoms with Gasteiger partial charge in [0.15, 0.2) is 5.11 Å². The quantitative estimate of drug-likeness (QED) is 0.395. The van der Waals surface area contributed by atoms with Crippen molar-refractivity contribution in [2.24, 2.45) is 5.84 Å². The number of ether oxygens (including phenoxy) is 1. The van der Waals surface area contributed by atoms with Crippen molar-refractivity contribution in [2.75, 3.05) is 12.4 Å². The molecule has 0 aliphatic rings. The monoisotopic (exact) mass is 211 g/mol. The van der Waals surface area contributed by atoms with Crippen molar-refractivity contribution in [3.05, 3.63) is 29.8 Å². The van der Waals surface area contributed by atoms with E-state index in [1.54, 1.807) is 7.11 Å². The summed E-state index contributed by atoms with van der Waals surface area (Å²) in [6.07, 6.45) is 0. The van der Waals surface area contributed by atoms with Gasteiger partial charge in [0.05, 0.1) is 6.61 Å². The molecule has 0 aliphatic heterocycles. The molecule has 0 fully saturated rings. The van der Waals surface area contributed by atoms with Gasteiger partial charge in [-0.2, -0.15) is 0 Å². The van der Waals surface area contributed by atoms with Crippen molar-refractivity contribution in [3.8, 4) is 0 Å². The Labute approximate surface area is 88.4 Å². The van der Waals surface area contributed by atoms with E-state index < -0.39 is 0 Å². The number of benzene rings is 1. The number of hydrogen-bond donors (Lipinski definition) is 3. The first-order chi connectivity index (χ1) is 6.77. The Morgan fingerprint density at radius 3 is 2.86 bits per heavy atom. The highest BCUT2D eigenvalue weighted by Gasteiger charge is 2.01. The molecule has 1 aromatic rings. The van der Waals surface area contributed by atoms with Crippen molar-refractivity contribution in [3.63, 3.8) is 0 Å². The van der Waals surface area contributed by atoms with Crippen LogP contribution in [-0.2, 0) is 11.3 Å². The molecule has 0 unspecified atom stereocenters. The van der Waals surface area contributed by atoms with Crippen molar-refractivity contribution >= 4 is 23.0 Å². The Bertz CT molecular complexity index is 317. The molecule has 1 rings (SSSR count). The fourth-order valence-corrected chi connectivity index (χ4v) is 1.19. The summed E-state index contributed by atoms with van der Waals surface area (Å²) >= 11 is 4.89. The van der Waals surface area contributed by atoms with E-state index in [4.69, 9.17) is 22.8 Å². The van der Waals surface area contributed by atoms with E-state index >= 15 is 0 Å². The van der Waals surface area contributed by atoms with Crippen LogP contribution < -0.4 is 16.6 Å². The van der Waals surface area contributed by atoms with Gasteiger partial charge >= 0.3 is 0 Å². The maximum atomic E-state index is 5.16. The van der Waals surface area contributed by atoms with Gasteiger partial charge in [0.1, 0.15) is 0 Å². The average Bonchev–Trinajstić information content (AvgIpc) is 2.21. The lowest BCUT2D eigenvalue weighted by molar-refractivity contribution is 0.185. The number of nitrogens with two attached hydrogens (primary N) is 1. The third-order valence-electron chi connectivity index (χ3n) is 1.70. The van der Waals surface area contributed by atoms with E-state index in [2.05, 4.69) is 10.7 Å². The van der Waals surface area contributed by atoms with Crippen molar-refractivity contribution in [2.45, 2.75) is 6.61 Å². The summed E-state index contributed by atoms with van der Waals surface area (Å²) in [6.45, 7) is 0.538. The molecule has 0 atom stereocenters. The minimum Gasteiger partial charge on any atom is -0.380 e. The van der Waals surface area contributed by atoms with E-state index in [1.165, 1.54) is 0 Å². The molecule has 0 radical (unpaired) electrons. The largest absolute Gasteiger partial charge is 0.380 e. The Morgan fingerprint density at radius 2 is 2.21 bits per heavy atom. The summed E-state index contributed by atoms with van der Waals surface area (Å²) in [7, 11) is 1.65. The van der Waals surface area contributed by atoms with Crippen molar-refractivity contribution < 1.29 is 4.74 Å². The summed E-state index contributed by atoms with van der Waals surface area (Å²) in [5.41, 5.74) is 4.30. The normalized spacial score (nSPS) is 9.57. The van der Waals surface area contributed by atoms with Gasteiger partial charge in [-0.1, -0.05) is 18.2 Å².